The monoisotopic (exact) mass is 536 g/mol. The van der Waals surface area contributed by atoms with E-state index >= 15 is 0 Å². The maximum absolute atomic E-state index is 13.1. The maximum Gasteiger partial charge on any atom is 0.264 e. The van der Waals surface area contributed by atoms with E-state index in [-0.39, 0.29) is 16.4 Å². The van der Waals surface area contributed by atoms with Gasteiger partial charge in [0.25, 0.3) is 15.6 Å². The van der Waals surface area contributed by atoms with Crippen LogP contribution in [0.2, 0.25) is 5.02 Å². The number of ether oxygens (including phenoxy) is 1. The van der Waals surface area contributed by atoms with Crippen molar-refractivity contribution < 1.29 is 17.5 Å². The fourth-order valence-electron chi connectivity index (χ4n) is 3.87. The molecule has 0 atom stereocenters. The van der Waals surface area contributed by atoms with E-state index < -0.39 is 15.8 Å². The standard InChI is InChI=1S/C26H18ClFN4O4S/c1-36-24-13-17(16-2-6-19(27)7-3-16)4-9-23(24)32-22-10-8-21(12-18(22)5-11-25(32)33)37(34,35)31-26-29-14-20(28)15-30-26/h2-15H,1H3,(H,29,30,31). The number of hydrogen-bond acceptors (Lipinski definition) is 6. The molecule has 1 N–H and O–H groups in total. The van der Waals surface area contributed by atoms with Gasteiger partial charge in [-0.2, -0.15) is 0 Å². The average molecular weight is 537 g/mol. The molecule has 0 saturated carbocycles. The Hall–Kier alpha value is -4.28. The van der Waals surface area contributed by atoms with Gasteiger partial charge in [-0.1, -0.05) is 29.8 Å². The highest BCUT2D eigenvalue weighted by Gasteiger charge is 2.18. The minimum atomic E-state index is -4.08. The predicted molar refractivity (Wildman–Crippen MR) is 139 cm³/mol. The zero-order chi connectivity index (χ0) is 26.2. The number of sulfonamides is 1. The smallest absolute Gasteiger partial charge is 0.264 e. The minimum Gasteiger partial charge on any atom is -0.495 e. The molecule has 3 aromatic carbocycles. The van der Waals surface area contributed by atoms with E-state index in [0.717, 1.165) is 23.5 Å². The average Bonchev–Trinajstić information content (AvgIpc) is 2.90. The summed E-state index contributed by atoms with van der Waals surface area (Å²) < 4.78 is 48.1. The number of nitrogens with one attached hydrogen (secondary N) is 1. The van der Waals surface area contributed by atoms with Gasteiger partial charge in [0, 0.05) is 16.5 Å². The molecule has 186 valence electrons. The number of hydrogen-bond donors (Lipinski definition) is 1. The Labute approximate surface area is 216 Å². The molecule has 0 saturated heterocycles. The van der Waals surface area contributed by atoms with Crippen LogP contribution < -0.4 is 15.0 Å². The van der Waals surface area contributed by atoms with Gasteiger partial charge in [0.2, 0.25) is 5.95 Å². The summed E-state index contributed by atoms with van der Waals surface area (Å²) in [7, 11) is -2.57. The van der Waals surface area contributed by atoms with E-state index in [2.05, 4.69) is 14.7 Å². The summed E-state index contributed by atoms with van der Waals surface area (Å²) in [5.41, 5.74) is 2.43. The second kappa shape index (κ2) is 9.64. The van der Waals surface area contributed by atoms with Crippen molar-refractivity contribution in [1.82, 2.24) is 14.5 Å². The summed E-state index contributed by atoms with van der Waals surface area (Å²) in [5.74, 6) is -0.505. The van der Waals surface area contributed by atoms with Crippen molar-refractivity contribution >= 4 is 38.5 Å². The first-order valence-electron chi connectivity index (χ1n) is 10.9. The van der Waals surface area contributed by atoms with Crippen LogP contribution in [0.1, 0.15) is 0 Å². The minimum absolute atomic E-state index is 0.0804. The van der Waals surface area contributed by atoms with Crippen LogP contribution >= 0.6 is 11.6 Å². The Morgan fingerprint density at radius 2 is 1.62 bits per heavy atom. The fourth-order valence-corrected chi connectivity index (χ4v) is 4.99. The number of methoxy groups -OCH3 is 1. The van der Waals surface area contributed by atoms with E-state index in [1.807, 2.05) is 24.3 Å². The van der Waals surface area contributed by atoms with Crippen molar-refractivity contribution in [3.63, 3.8) is 0 Å². The molecule has 0 aliphatic heterocycles. The number of pyridine rings is 1. The quantitative estimate of drug-likeness (QED) is 0.326. The Morgan fingerprint density at radius 3 is 2.32 bits per heavy atom. The van der Waals surface area contributed by atoms with E-state index in [9.17, 15) is 17.6 Å². The van der Waals surface area contributed by atoms with Gasteiger partial charge < -0.3 is 4.74 Å². The molecule has 0 unspecified atom stereocenters. The van der Waals surface area contributed by atoms with E-state index in [1.165, 1.54) is 42.0 Å². The van der Waals surface area contributed by atoms with Crippen molar-refractivity contribution in [3.05, 3.63) is 106 Å². The van der Waals surface area contributed by atoms with Crippen molar-refractivity contribution in [3.8, 4) is 22.6 Å². The molecule has 2 heterocycles. The summed E-state index contributed by atoms with van der Waals surface area (Å²) in [6, 6.07) is 20.0. The van der Waals surface area contributed by atoms with Crippen LogP contribution in [0.25, 0.3) is 27.7 Å². The van der Waals surface area contributed by atoms with Crippen molar-refractivity contribution in [1.29, 1.82) is 0 Å². The van der Waals surface area contributed by atoms with Crippen LogP contribution in [0, 0.1) is 5.82 Å². The van der Waals surface area contributed by atoms with Gasteiger partial charge in [0.05, 0.1) is 35.6 Å². The highest BCUT2D eigenvalue weighted by molar-refractivity contribution is 7.92. The molecule has 2 aromatic heterocycles. The summed E-state index contributed by atoms with van der Waals surface area (Å²) in [5, 5.41) is 1.11. The highest BCUT2D eigenvalue weighted by Crippen LogP contribution is 2.32. The van der Waals surface area contributed by atoms with Crippen LogP contribution in [0.15, 0.2) is 94.9 Å². The maximum atomic E-state index is 13.1. The number of aromatic nitrogens is 3. The lowest BCUT2D eigenvalue weighted by Crippen LogP contribution is -2.19. The second-order valence-electron chi connectivity index (χ2n) is 7.95. The normalized spacial score (nSPS) is 11.4. The molecule has 5 aromatic rings. The van der Waals surface area contributed by atoms with E-state index in [4.69, 9.17) is 16.3 Å². The van der Waals surface area contributed by atoms with Crippen molar-refractivity contribution in [2.45, 2.75) is 4.90 Å². The highest BCUT2D eigenvalue weighted by atomic mass is 35.5. The molecule has 0 amide bonds. The zero-order valence-corrected chi connectivity index (χ0v) is 20.8. The number of fused-ring (bicyclic) bond motifs is 1. The molecule has 11 heteroatoms. The van der Waals surface area contributed by atoms with Gasteiger partial charge >= 0.3 is 0 Å². The third-order valence-electron chi connectivity index (χ3n) is 5.62. The van der Waals surface area contributed by atoms with Gasteiger partial charge in [-0.25, -0.2) is 27.5 Å². The lowest BCUT2D eigenvalue weighted by atomic mass is 10.0. The molecule has 0 fully saturated rings. The van der Waals surface area contributed by atoms with E-state index in [1.54, 1.807) is 18.2 Å². The lowest BCUT2D eigenvalue weighted by Gasteiger charge is -2.16. The lowest BCUT2D eigenvalue weighted by molar-refractivity contribution is 0.413. The third-order valence-corrected chi connectivity index (χ3v) is 7.20. The SMILES string of the molecule is COc1cc(-c2ccc(Cl)cc2)ccc1-n1c(=O)ccc2cc(S(=O)(=O)Nc3ncc(F)cn3)ccc21. The molecule has 0 radical (unpaired) electrons. The van der Waals surface area contributed by atoms with Crippen LogP contribution in [0.4, 0.5) is 10.3 Å². The second-order valence-corrected chi connectivity index (χ2v) is 10.1. The van der Waals surface area contributed by atoms with Crippen LogP contribution in [0.3, 0.4) is 0 Å². The van der Waals surface area contributed by atoms with Crippen molar-refractivity contribution in [2.75, 3.05) is 11.8 Å². The molecular weight excluding hydrogens is 519 g/mol. The van der Waals surface area contributed by atoms with E-state index in [0.29, 0.717) is 27.4 Å². The topological polar surface area (TPSA) is 103 Å². The Balaban J connectivity index is 1.57. The first-order chi connectivity index (χ1) is 17.7. The number of halogens is 2. The largest absolute Gasteiger partial charge is 0.495 e. The van der Waals surface area contributed by atoms with Crippen LogP contribution in [-0.2, 0) is 10.0 Å². The predicted octanol–water partition coefficient (Wildman–Crippen LogP) is 5.05. The van der Waals surface area contributed by atoms with Gasteiger partial charge in [-0.3, -0.25) is 9.36 Å². The van der Waals surface area contributed by atoms with Crippen LogP contribution in [0.5, 0.6) is 5.75 Å². The zero-order valence-electron chi connectivity index (χ0n) is 19.2. The Kier molecular flexibility index (Phi) is 6.36. The van der Waals surface area contributed by atoms with Gasteiger partial charge in [-0.15, -0.1) is 0 Å². The number of anilines is 1. The third kappa shape index (κ3) is 4.89. The summed E-state index contributed by atoms with van der Waals surface area (Å²) in [6.07, 6.45) is 1.71. The van der Waals surface area contributed by atoms with Crippen LogP contribution in [-0.4, -0.2) is 30.1 Å². The summed E-state index contributed by atoms with van der Waals surface area (Å²) in [4.78, 5) is 20.1. The summed E-state index contributed by atoms with van der Waals surface area (Å²) >= 11 is 6.00. The first kappa shape index (κ1) is 24.4. The molecular formula is C26H18ClFN4O4S. The van der Waals surface area contributed by atoms with Gasteiger partial charge in [-0.05, 0) is 59.7 Å². The number of rotatable bonds is 6. The number of nitrogens with zero attached hydrogens (tertiary/aromatic N) is 3. The van der Waals surface area contributed by atoms with Crippen molar-refractivity contribution in [2.24, 2.45) is 0 Å². The van der Waals surface area contributed by atoms with Gasteiger partial charge in [0.1, 0.15) is 5.75 Å². The van der Waals surface area contributed by atoms with Gasteiger partial charge in [0.15, 0.2) is 5.82 Å². The molecule has 37 heavy (non-hydrogen) atoms. The number of benzene rings is 3. The molecule has 8 nitrogen and oxygen atoms in total. The fraction of sp³-hybridized carbons (Fsp3) is 0.0385. The molecule has 0 spiro atoms. The molecule has 0 bridgehead atoms. The molecule has 0 aliphatic carbocycles. The Bertz CT molecular complexity index is 1790. The summed E-state index contributed by atoms with van der Waals surface area (Å²) in [6.45, 7) is 0. The molecule has 5 rings (SSSR count). The Morgan fingerprint density at radius 1 is 0.919 bits per heavy atom. The molecule has 0 aliphatic rings. The first-order valence-corrected chi connectivity index (χ1v) is 12.7.